The van der Waals surface area contributed by atoms with Gasteiger partial charge in [-0.05, 0) is 64.9 Å². The van der Waals surface area contributed by atoms with Gasteiger partial charge in [0.2, 0.25) is 5.78 Å². The van der Waals surface area contributed by atoms with E-state index < -0.39 is 0 Å². The van der Waals surface area contributed by atoms with Crippen molar-refractivity contribution in [2.75, 3.05) is 7.11 Å². The molecule has 1 aromatic rings. The van der Waals surface area contributed by atoms with E-state index >= 15 is 0 Å². The quantitative estimate of drug-likeness (QED) is 0.314. The van der Waals surface area contributed by atoms with Crippen molar-refractivity contribution in [3.05, 3.63) is 82.4 Å². The van der Waals surface area contributed by atoms with Crippen molar-refractivity contribution >= 4 is 11.9 Å². The van der Waals surface area contributed by atoms with Crippen LogP contribution in [0.25, 0.3) is 17.2 Å². The van der Waals surface area contributed by atoms with Gasteiger partial charge >= 0.3 is 0 Å². The van der Waals surface area contributed by atoms with Crippen LogP contribution in [0.15, 0.2) is 60.2 Å². The molecular formula is C25H23NO2. The molecule has 0 saturated carbocycles. The third kappa shape index (κ3) is 3.82. The molecule has 0 radical (unpaired) electrons. The number of allylic oxidation sites excluding steroid dienone is 1. The van der Waals surface area contributed by atoms with E-state index in [9.17, 15) is 10.1 Å². The van der Waals surface area contributed by atoms with Crippen LogP contribution in [0.4, 0.5) is 0 Å². The van der Waals surface area contributed by atoms with Crippen molar-refractivity contribution < 1.29 is 9.53 Å². The monoisotopic (exact) mass is 369 g/mol. The number of carbonyl (C=O) groups is 1. The third-order valence-corrected chi connectivity index (χ3v) is 4.93. The molecule has 3 heteroatoms. The second-order valence-electron chi connectivity index (χ2n) is 7.17. The van der Waals surface area contributed by atoms with Crippen LogP contribution in [0.5, 0.6) is 5.75 Å². The summed E-state index contributed by atoms with van der Waals surface area (Å²) in [6.07, 6.45) is 1.62. The topological polar surface area (TPSA) is 50.1 Å². The Hall–Kier alpha value is -3.38. The zero-order valence-electron chi connectivity index (χ0n) is 16.6. The largest absolute Gasteiger partial charge is 0.497 e. The number of ketones is 1. The Morgan fingerprint density at radius 3 is 2.39 bits per heavy atom. The summed E-state index contributed by atoms with van der Waals surface area (Å²) in [5, 5.41) is 9.60. The van der Waals surface area contributed by atoms with E-state index in [1.165, 1.54) is 5.56 Å². The van der Waals surface area contributed by atoms with Gasteiger partial charge < -0.3 is 4.74 Å². The van der Waals surface area contributed by atoms with Gasteiger partial charge in [0.15, 0.2) is 0 Å². The summed E-state index contributed by atoms with van der Waals surface area (Å²) >= 11 is 0. The minimum absolute atomic E-state index is 0.118. The van der Waals surface area contributed by atoms with Gasteiger partial charge in [-0.15, -0.1) is 0 Å². The Labute approximate surface area is 166 Å². The Balaban J connectivity index is 2.03. The number of hydrogen-bond donors (Lipinski definition) is 0. The van der Waals surface area contributed by atoms with Crippen LogP contribution < -0.4 is 4.74 Å². The second kappa shape index (κ2) is 8.10. The molecule has 140 valence electrons. The lowest BCUT2D eigenvalue weighted by Gasteiger charge is -2.04. The van der Waals surface area contributed by atoms with Crippen LogP contribution in [0.1, 0.15) is 46.8 Å². The maximum atomic E-state index is 13.1. The van der Waals surface area contributed by atoms with Gasteiger partial charge in [-0.25, -0.2) is 0 Å². The van der Waals surface area contributed by atoms with Crippen LogP contribution >= 0.6 is 0 Å². The molecule has 0 amide bonds. The van der Waals surface area contributed by atoms with E-state index in [1.807, 2.05) is 37.3 Å². The highest BCUT2D eigenvalue weighted by Gasteiger charge is 2.21. The third-order valence-electron chi connectivity index (χ3n) is 4.93. The molecule has 2 aliphatic rings. The predicted octanol–water partition coefficient (Wildman–Crippen LogP) is 6.02. The number of aryl methyl sites for hydroxylation is 1. The highest BCUT2D eigenvalue weighted by Crippen LogP contribution is 2.34. The van der Waals surface area contributed by atoms with Gasteiger partial charge in [-0.2, -0.15) is 5.26 Å². The van der Waals surface area contributed by atoms with Crippen LogP contribution in [-0.4, -0.2) is 12.9 Å². The molecule has 0 saturated heterocycles. The van der Waals surface area contributed by atoms with Crippen molar-refractivity contribution in [3.8, 4) is 22.9 Å². The Bertz CT molecular complexity index is 1050. The fraction of sp³-hybridized carbons (Fsp3) is 0.200. The van der Waals surface area contributed by atoms with E-state index in [2.05, 4.69) is 32.0 Å². The molecule has 0 heterocycles. The van der Waals surface area contributed by atoms with E-state index in [-0.39, 0.29) is 11.4 Å². The fourth-order valence-corrected chi connectivity index (χ4v) is 3.28. The van der Waals surface area contributed by atoms with Gasteiger partial charge in [-0.3, -0.25) is 4.79 Å². The standard InChI is InChI=1S/C25H23NO2/c1-16(2)19-6-5-7-22-23(14-19)17(3)12-24(22)25(27)20(15-26)13-18-8-10-21(28-4)11-9-18/h5-14,16H,1-4H3/b20-13+. The minimum atomic E-state index is -0.256. The lowest BCUT2D eigenvalue weighted by atomic mass is 9.98. The van der Waals surface area contributed by atoms with Gasteiger partial charge in [0.05, 0.1) is 7.11 Å². The molecule has 0 bridgehead atoms. The lowest BCUT2D eigenvalue weighted by Crippen LogP contribution is -2.01. The van der Waals surface area contributed by atoms with Crippen LogP contribution in [0.3, 0.4) is 0 Å². The maximum absolute atomic E-state index is 13.1. The number of methoxy groups -OCH3 is 1. The van der Waals surface area contributed by atoms with Gasteiger partial charge in [0.1, 0.15) is 17.4 Å². The molecule has 0 unspecified atom stereocenters. The summed E-state index contributed by atoms with van der Waals surface area (Å²) in [5.41, 5.74) is 5.66. The first-order chi connectivity index (χ1) is 13.4. The van der Waals surface area contributed by atoms with E-state index in [4.69, 9.17) is 4.74 Å². The van der Waals surface area contributed by atoms with E-state index in [1.54, 1.807) is 25.3 Å². The van der Waals surface area contributed by atoms with Crippen molar-refractivity contribution in [2.24, 2.45) is 0 Å². The van der Waals surface area contributed by atoms with Crippen molar-refractivity contribution in [3.63, 3.8) is 0 Å². The molecular weight excluding hydrogens is 346 g/mol. The fourth-order valence-electron chi connectivity index (χ4n) is 3.28. The van der Waals surface area contributed by atoms with Gasteiger partial charge in [-0.1, -0.05) is 50.2 Å². The molecule has 2 aliphatic carbocycles. The maximum Gasteiger partial charge on any atom is 0.204 e. The molecule has 0 spiro atoms. The van der Waals surface area contributed by atoms with Crippen molar-refractivity contribution in [1.29, 1.82) is 5.26 Å². The van der Waals surface area contributed by atoms with E-state index in [0.29, 0.717) is 11.5 Å². The number of nitriles is 1. The number of carbonyl (C=O) groups excluding carboxylic acids is 1. The Morgan fingerprint density at radius 2 is 1.79 bits per heavy atom. The normalized spacial score (nSPS) is 11.5. The van der Waals surface area contributed by atoms with Gasteiger partial charge in [0.25, 0.3) is 0 Å². The Morgan fingerprint density at radius 1 is 1.07 bits per heavy atom. The highest BCUT2D eigenvalue weighted by atomic mass is 16.5. The van der Waals surface area contributed by atoms with Crippen molar-refractivity contribution in [1.82, 2.24) is 0 Å². The molecule has 0 fully saturated rings. The number of fused-ring (bicyclic) bond motifs is 1. The smallest absolute Gasteiger partial charge is 0.204 e. The molecule has 0 atom stereocenters. The second-order valence-corrected chi connectivity index (χ2v) is 7.17. The zero-order chi connectivity index (χ0) is 20.3. The number of hydrogen-bond acceptors (Lipinski definition) is 3. The average Bonchev–Trinajstić information content (AvgIpc) is 2.87. The molecule has 0 aromatic heterocycles. The van der Waals surface area contributed by atoms with Crippen LogP contribution in [0, 0.1) is 18.3 Å². The number of Topliss-reactive ketones (excluding diaryl/α,β-unsaturated/α-hetero) is 1. The summed E-state index contributed by atoms with van der Waals surface area (Å²) < 4.78 is 5.15. The zero-order valence-corrected chi connectivity index (χ0v) is 16.6. The number of benzene rings is 1. The SMILES string of the molecule is COc1ccc(/C=C(\C#N)C(=O)c2cc(C)c3cc(C(C)C)cccc2-3)cc1. The van der Waals surface area contributed by atoms with Gasteiger partial charge in [0, 0.05) is 5.56 Å². The van der Waals surface area contributed by atoms with Crippen LogP contribution in [-0.2, 0) is 0 Å². The predicted molar refractivity (Wildman–Crippen MR) is 113 cm³/mol. The minimum Gasteiger partial charge on any atom is -0.497 e. The highest BCUT2D eigenvalue weighted by molar-refractivity contribution is 6.18. The molecule has 1 aromatic carbocycles. The molecule has 3 rings (SSSR count). The van der Waals surface area contributed by atoms with Crippen molar-refractivity contribution in [2.45, 2.75) is 26.7 Å². The summed E-state index contributed by atoms with van der Waals surface area (Å²) in [5.74, 6) is 0.871. The molecule has 28 heavy (non-hydrogen) atoms. The lowest BCUT2D eigenvalue weighted by molar-refractivity contribution is 0.104. The first kappa shape index (κ1) is 19.4. The average molecular weight is 369 g/mol. The summed E-state index contributed by atoms with van der Waals surface area (Å²) in [6, 6.07) is 19.4. The molecule has 3 nitrogen and oxygen atoms in total. The first-order valence-corrected chi connectivity index (χ1v) is 9.28. The molecule has 0 N–H and O–H groups in total. The summed E-state index contributed by atoms with van der Waals surface area (Å²) in [6.45, 7) is 6.30. The summed E-state index contributed by atoms with van der Waals surface area (Å²) in [4.78, 5) is 13.1. The van der Waals surface area contributed by atoms with Crippen LogP contribution in [0.2, 0.25) is 0 Å². The van der Waals surface area contributed by atoms with E-state index in [0.717, 1.165) is 28.0 Å². The molecule has 0 aliphatic heterocycles. The number of nitrogens with zero attached hydrogens (tertiary/aromatic N) is 1. The first-order valence-electron chi connectivity index (χ1n) is 9.28. The Kier molecular flexibility index (Phi) is 5.61. The number of ether oxygens (including phenoxy) is 1. The summed E-state index contributed by atoms with van der Waals surface area (Å²) in [7, 11) is 1.60. The number of rotatable bonds is 5.